The number of rotatable bonds is 6. The Morgan fingerprint density at radius 3 is 2.63 bits per heavy atom. The molecule has 0 saturated heterocycles. The third-order valence-corrected chi connectivity index (χ3v) is 4.87. The normalized spacial score (nSPS) is 15.8. The highest BCUT2D eigenvalue weighted by Crippen LogP contribution is 2.46. The van der Waals surface area contributed by atoms with Crippen LogP contribution in [-0.2, 0) is 11.2 Å². The summed E-state index contributed by atoms with van der Waals surface area (Å²) in [5.74, 6) is -1.11. The van der Waals surface area contributed by atoms with E-state index in [1.165, 1.54) is 6.07 Å². The zero-order valence-corrected chi connectivity index (χ0v) is 11.6. The lowest BCUT2D eigenvalue weighted by Crippen LogP contribution is -2.33. The summed E-state index contributed by atoms with van der Waals surface area (Å²) in [5, 5.41) is 11.9. The fourth-order valence-corrected chi connectivity index (χ4v) is 2.70. The number of amides is 1. The predicted molar refractivity (Wildman–Crippen MR) is 75.6 cm³/mol. The third-order valence-electron chi connectivity index (χ3n) is 3.45. The molecule has 1 amide bonds. The van der Waals surface area contributed by atoms with Crippen molar-refractivity contribution in [3.63, 3.8) is 0 Å². The molecule has 5 heteroatoms. The van der Waals surface area contributed by atoms with Gasteiger partial charge in [-0.2, -0.15) is 11.8 Å². The zero-order chi connectivity index (χ0) is 13.9. The Bertz CT molecular complexity index is 497. The lowest BCUT2D eigenvalue weighted by atomic mass is 10.0. The minimum Gasteiger partial charge on any atom is -0.478 e. The van der Waals surface area contributed by atoms with E-state index in [1.807, 2.05) is 0 Å². The van der Waals surface area contributed by atoms with E-state index in [1.54, 1.807) is 30.0 Å². The maximum absolute atomic E-state index is 11.9. The number of carbonyl (C=O) groups is 2. The summed E-state index contributed by atoms with van der Waals surface area (Å²) in [6.07, 6.45) is 4.45. The molecular formula is C14H17NO3S. The molecule has 2 rings (SSSR count). The maximum atomic E-state index is 11.9. The lowest BCUT2D eigenvalue weighted by Gasteiger charge is -2.13. The van der Waals surface area contributed by atoms with E-state index in [2.05, 4.69) is 11.6 Å². The molecule has 0 aliphatic heterocycles. The van der Waals surface area contributed by atoms with Crippen molar-refractivity contribution in [1.82, 2.24) is 5.32 Å². The molecule has 0 aromatic heterocycles. The SMILES string of the molecule is CSC1(CNC(=O)Cc2ccccc2C(=O)O)CC1. The Labute approximate surface area is 116 Å². The zero-order valence-electron chi connectivity index (χ0n) is 10.8. The highest BCUT2D eigenvalue weighted by atomic mass is 32.2. The van der Waals surface area contributed by atoms with Gasteiger partial charge in [-0.3, -0.25) is 4.79 Å². The molecule has 0 unspecified atom stereocenters. The first-order chi connectivity index (χ1) is 9.06. The molecule has 1 aromatic carbocycles. The van der Waals surface area contributed by atoms with Crippen LogP contribution < -0.4 is 5.32 Å². The van der Waals surface area contributed by atoms with Crippen LogP contribution in [0, 0.1) is 0 Å². The number of carboxylic acids is 1. The van der Waals surface area contributed by atoms with Gasteiger partial charge in [-0.1, -0.05) is 18.2 Å². The number of nitrogens with one attached hydrogen (secondary N) is 1. The highest BCUT2D eigenvalue weighted by molar-refractivity contribution is 8.00. The van der Waals surface area contributed by atoms with E-state index in [-0.39, 0.29) is 22.6 Å². The summed E-state index contributed by atoms with van der Waals surface area (Å²) < 4.78 is 0.224. The van der Waals surface area contributed by atoms with Gasteiger partial charge in [0, 0.05) is 11.3 Å². The van der Waals surface area contributed by atoms with Crippen molar-refractivity contribution in [2.24, 2.45) is 0 Å². The van der Waals surface area contributed by atoms with Gasteiger partial charge in [-0.05, 0) is 30.7 Å². The van der Waals surface area contributed by atoms with Gasteiger partial charge < -0.3 is 10.4 Å². The maximum Gasteiger partial charge on any atom is 0.335 e. The number of hydrogen-bond acceptors (Lipinski definition) is 3. The van der Waals surface area contributed by atoms with E-state index >= 15 is 0 Å². The van der Waals surface area contributed by atoms with Crippen molar-refractivity contribution in [3.05, 3.63) is 35.4 Å². The van der Waals surface area contributed by atoms with Crippen LogP contribution in [0.1, 0.15) is 28.8 Å². The van der Waals surface area contributed by atoms with E-state index < -0.39 is 5.97 Å². The molecular weight excluding hydrogens is 262 g/mol. The molecule has 1 aliphatic carbocycles. The van der Waals surface area contributed by atoms with E-state index in [0.29, 0.717) is 12.1 Å². The molecule has 0 radical (unpaired) electrons. The highest BCUT2D eigenvalue weighted by Gasteiger charge is 2.41. The minimum absolute atomic E-state index is 0.117. The van der Waals surface area contributed by atoms with Crippen molar-refractivity contribution >= 4 is 23.6 Å². The summed E-state index contributed by atoms with van der Waals surface area (Å²) >= 11 is 1.79. The largest absolute Gasteiger partial charge is 0.478 e. The number of aromatic carboxylic acids is 1. The van der Waals surface area contributed by atoms with Gasteiger partial charge in [0.25, 0.3) is 0 Å². The summed E-state index contributed by atoms with van der Waals surface area (Å²) in [5.41, 5.74) is 0.755. The van der Waals surface area contributed by atoms with Crippen LogP contribution in [0.5, 0.6) is 0 Å². The van der Waals surface area contributed by atoms with Crippen molar-refractivity contribution in [3.8, 4) is 0 Å². The van der Waals surface area contributed by atoms with Gasteiger partial charge in [0.15, 0.2) is 0 Å². The Kier molecular flexibility index (Phi) is 4.14. The third kappa shape index (κ3) is 3.50. The van der Waals surface area contributed by atoms with Gasteiger partial charge in [-0.15, -0.1) is 0 Å². The summed E-state index contributed by atoms with van der Waals surface area (Å²) in [6.45, 7) is 0.669. The van der Waals surface area contributed by atoms with Crippen molar-refractivity contribution in [2.45, 2.75) is 24.0 Å². The average molecular weight is 279 g/mol. The van der Waals surface area contributed by atoms with Crippen LogP contribution in [0.3, 0.4) is 0 Å². The smallest absolute Gasteiger partial charge is 0.335 e. The van der Waals surface area contributed by atoms with E-state index in [9.17, 15) is 9.59 Å². The fourth-order valence-electron chi connectivity index (χ4n) is 1.97. The van der Waals surface area contributed by atoms with Crippen molar-refractivity contribution < 1.29 is 14.7 Å². The quantitative estimate of drug-likeness (QED) is 0.835. The first-order valence-corrected chi connectivity index (χ1v) is 7.42. The van der Waals surface area contributed by atoms with Crippen LogP contribution in [-0.4, -0.2) is 34.5 Å². The molecule has 102 valence electrons. The standard InChI is InChI=1S/C14H17NO3S/c1-19-14(6-7-14)9-15-12(16)8-10-4-2-3-5-11(10)13(17)18/h2-5H,6-9H2,1H3,(H,15,16)(H,17,18). The number of benzene rings is 1. The minimum atomic E-state index is -0.994. The predicted octanol–water partition coefficient (Wildman–Crippen LogP) is 1.94. The summed E-state index contributed by atoms with van der Waals surface area (Å²) in [7, 11) is 0. The topological polar surface area (TPSA) is 66.4 Å². The van der Waals surface area contributed by atoms with Gasteiger partial charge in [0.1, 0.15) is 0 Å². The molecule has 19 heavy (non-hydrogen) atoms. The molecule has 0 atom stereocenters. The van der Waals surface area contributed by atoms with Gasteiger partial charge in [0.2, 0.25) is 5.91 Å². The molecule has 0 bridgehead atoms. The molecule has 1 aromatic rings. The van der Waals surface area contributed by atoms with Crippen molar-refractivity contribution in [1.29, 1.82) is 0 Å². The first-order valence-electron chi connectivity index (χ1n) is 6.19. The van der Waals surface area contributed by atoms with Crippen LogP contribution in [0.25, 0.3) is 0 Å². The Morgan fingerprint density at radius 2 is 2.05 bits per heavy atom. The van der Waals surface area contributed by atoms with E-state index in [4.69, 9.17) is 5.11 Å². The number of hydrogen-bond donors (Lipinski definition) is 2. The Balaban J connectivity index is 1.93. The Morgan fingerprint density at radius 1 is 1.37 bits per heavy atom. The first kappa shape index (κ1) is 13.9. The van der Waals surface area contributed by atoms with Crippen molar-refractivity contribution in [2.75, 3.05) is 12.8 Å². The molecule has 4 nitrogen and oxygen atoms in total. The van der Waals surface area contributed by atoms with E-state index in [0.717, 1.165) is 12.8 Å². The second-order valence-corrected chi connectivity index (χ2v) is 6.08. The number of thioether (sulfide) groups is 1. The molecule has 1 saturated carbocycles. The molecule has 0 heterocycles. The van der Waals surface area contributed by atoms with Crippen LogP contribution in [0.4, 0.5) is 0 Å². The van der Waals surface area contributed by atoms with Crippen LogP contribution in [0.15, 0.2) is 24.3 Å². The van der Waals surface area contributed by atoms with Gasteiger partial charge >= 0.3 is 5.97 Å². The molecule has 2 N–H and O–H groups in total. The van der Waals surface area contributed by atoms with Crippen LogP contribution in [0.2, 0.25) is 0 Å². The summed E-state index contributed by atoms with van der Waals surface area (Å²) in [6, 6.07) is 6.62. The second kappa shape index (κ2) is 5.65. The number of carboxylic acid groups (broad SMARTS) is 1. The Hall–Kier alpha value is -1.49. The monoisotopic (exact) mass is 279 g/mol. The van der Waals surface area contributed by atoms with Gasteiger partial charge in [0.05, 0.1) is 12.0 Å². The average Bonchev–Trinajstić information content (AvgIpc) is 3.17. The fraction of sp³-hybridized carbons (Fsp3) is 0.429. The lowest BCUT2D eigenvalue weighted by molar-refractivity contribution is -0.120. The van der Waals surface area contributed by atoms with Gasteiger partial charge in [-0.25, -0.2) is 4.79 Å². The molecule has 1 aliphatic rings. The molecule has 0 spiro atoms. The second-order valence-electron chi connectivity index (χ2n) is 4.80. The number of carbonyl (C=O) groups excluding carboxylic acids is 1. The van der Waals surface area contributed by atoms with Crippen LogP contribution >= 0.6 is 11.8 Å². The molecule has 1 fully saturated rings. The summed E-state index contributed by atoms with van der Waals surface area (Å²) in [4.78, 5) is 22.9.